The summed E-state index contributed by atoms with van der Waals surface area (Å²) >= 11 is 1.86. The van der Waals surface area contributed by atoms with Crippen LogP contribution in [-0.2, 0) is 9.53 Å². The minimum absolute atomic E-state index is 0.0309. The molecule has 2 saturated heterocycles. The van der Waals surface area contributed by atoms with Gasteiger partial charge in [0.2, 0.25) is 5.91 Å². The Kier molecular flexibility index (Phi) is 7.57. The number of anilines is 2. The van der Waals surface area contributed by atoms with E-state index in [1.54, 1.807) is 4.90 Å². The highest BCUT2D eigenvalue weighted by atomic mass is 32.2. The van der Waals surface area contributed by atoms with Crippen molar-refractivity contribution in [3.63, 3.8) is 0 Å². The van der Waals surface area contributed by atoms with Gasteiger partial charge in [-0.25, -0.2) is 13.6 Å². The van der Waals surface area contributed by atoms with Crippen LogP contribution in [0, 0.1) is 11.6 Å². The van der Waals surface area contributed by atoms with E-state index in [1.807, 2.05) is 18.7 Å². The highest BCUT2D eigenvalue weighted by molar-refractivity contribution is 7.99. The molecule has 160 valence electrons. The second-order valence-electron chi connectivity index (χ2n) is 7.23. The summed E-state index contributed by atoms with van der Waals surface area (Å²) in [5.41, 5.74) is 0.0929. The summed E-state index contributed by atoms with van der Waals surface area (Å²) in [6.45, 7) is 3.41. The third-order valence-electron chi connectivity index (χ3n) is 4.94. The number of thioether (sulfide) groups is 1. The van der Waals surface area contributed by atoms with E-state index in [1.165, 1.54) is 17.0 Å². The van der Waals surface area contributed by atoms with E-state index >= 15 is 0 Å². The fourth-order valence-electron chi connectivity index (χ4n) is 3.54. The number of halogens is 2. The molecular weight excluding hydrogens is 400 g/mol. The van der Waals surface area contributed by atoms with E-state index in [0.717, 1.165) is 30.8 Å². The van der Waals surface area contributed by atoms with Gasteiger partial charge in [0, 0.05) is 31.6 Å². The van der Waals surface area contributed by atoms with Crippen molar-refractivity contribution in [1.29, 1.82) is 0 Å². The van der Waals surface area contributed by atoms with Crippen LogP contribution in [0.4, 0.5) is 25.0 Å². The molecule has 0 saturated carbocycles. The summed E-state index contributed by atoms with van der Waals surface area (Å²) < 4.78 is 34.9. The predicted octanol–water partition coefficient (Wildman–Crippen LogP) is 3.54. The Bertz CT molecular complexity index is 719. The monoisotopic (exact) mass is 427 g/mol. The third kappa shape index (κ3) is 5.52. The van der Waals surface area contributed by atoms with Gasteiger partial charge < -0.3 is 15.0 Å². The van der Waals surface area contributed by atoms with E-state index in [4.69, 9.17) is 4.74 Å². The Morgan fingerprint density at radius 2 is 1.90 bits per heavy atom. The largest absolute Gasteiger partial charge is 0.442 e. The van der Waals surface area contributed by atoms with E-state index in [9.17, 15) is 18.4 Å². The first kappa shape index (κ1) is 21.7. The van der Waals surface area contributed by atoms with Crippen LogP contribution in [0.15, 0.2) is 12.1 Å². The van der Waals surface area contributed by atoms with Crippen LogP contribution in [0.2, 0.25) is 0 Å². The number of rotatable bonds is 6. The zero-order valence-corrected chi connectivity index (χ0v) is 17.4. The fourth-order valence-corrected chi connectivity index (χ4v) is 4.41. The van der Waals surface area contributed by atoms with Crippen molar-refractivity contribution in [3.8, 4) is 0 Å². The number of carbonyl (C=O) groups is 2. The third-order valence-corrected chi connectivity index (χ3v) is 6.10. The molecule has 3 rings (SSSR count). The Labute approximate surface area is 173 Å². The maximum atomic E-state index is 14.8. The molecular formula is C20H27F2N3O3S. The SMILES string of the molecule is CCCC(=O)NCC1CN(c2cc(F)c(N3CCCSCCC3)c(F)c2)C(=O)O1. The fraction of sp³-hybridized carbons (Fsp3) is 0.600. The van der Waals surface area contributed by atoms with Crippen LogP contribution < -0.4 is 15.1 Å². The van der Waals surface area contributed by atoms with Gasteiger partial charge in [-0.15, -0.1) is 0 Å². The number of hydrogen-bond acceptors (Lipinski definition) is 5. The van der Waals surface area contributed by atoms with E-state index in [0.29, 0.717) is 19.5 Å². The molecule has 1 N–H and O–H groups in total. The number of ether oxygens (including phenoxy) is 1. The van der Waals surface area contributed by atoms with Gasteiger partial charge in [-0.3, -0.25) is 9.69 Å². The van der Waals surface area contributed by atoms with Crippen molar-refractivity contribution >= 4 is 35.1 Å². The number of cyclic esters (lactones) is 1. The van der Waals surface area contributed by atoms with Crippen LogP contribution in [0.5, 0.6) is 0 Å². The van der Waals surface area contributed by atoms with Gasteiger partial charge in [-0.2, -0.15) is 11.8 Å². The van der Waals surface area contributed by atoms with Crippen molar-refractivity contribution in [2.24, 2.45) is 0 Å². The zero-order chi connectivity index (χ0) is 20.8. The first-order chi connectivity index (χ1) is 14.0. The number of benzene rings is 1. The van der Waals surface area contributed by atoms with Crippen LogP contribution in [0.1, 0.15) is 32.6 Å². The second-order valence-corrected chi connectivity index (χ2v) is 8.46. The van der Waals surface area contributed by atoms with Gasteiger partial charge in [0.25, 0.3) is 0 Å². The molecule has 2 heterocycles. The molecule has 6 nitrogen and oxygen atoms in total. The van der Waals surface area contributed by atoms with Gasteiger partial charge in [0.1, 0.15) is 11.8 Å². The molecule has 0 radical (unpaired) electrons. The van der Waals surface area contributed by atoms with E-state index in [-0.39, 0.29) is 30.4 Å². The maximum absolute atomic E-state index is 14.8. The van der Waals surface area contributed by atoms with Crippen molar-refractivity contribution < 1.29 is 23.1 Å². The summed E-state index contributed by atoms with van der Waals surface area (Å²) in [6.07, 6.45) is 1.64. The van der Waals surface area contributed by atoms with Crippen molar-refractivity contribution in [2.75, 3.05) is 47.5 Å². The molecule has 1 aromatic rings. The smallest absolute Gasteiger partial charge is 0.414 e. The molecule has 2 aliphatic rings. The minimum Gasteiger partial charge on any atom is -0.442 e. The quantitative estimate of drug-likeness (QED) is 0.753. The average Bonchev–Trinajstić information content (AvgIpc) is 3.02. The molecule has 1 unspecified atom stereocenters. The molecule has 1 atom stereocenters. The van der Waals surface area contributed by atoms with Gasteiger partial charge in [0.05, 0.1) is 18.8 Å². The van der Waals surface area contributed by atoms with E-state index in [2.05, 4.69) is 5.32 Å². The number of nitrogens with zero attached hydrogens (tertiary/aromatic N) is 2. The minimum atomic E-state index is -0.680. The molecule has 0 spiro atoms. The Morgan fingerprint density at radius 3 is 2.52 bits per heavy atom. The first-order valence-electron chi connectivity index (χ1n) is 10.1. The van der Waals surface area contributed by atoms with Crippen molar-refractivity contribution in [3.05, 3.63) is 23.8 Å². The van der Waals surface area contributed by atoms with Crippen LogP contribution in [0.25, 0.3) is 0 Å². The highest BCUT2D eigenvalue weighted by Crippen LogP contribution is 2.32. The summed E-state index contributed by atoms with van der Waals surface area (Å²) in [5.74, 6) is 0.484. The molecule has 2 fully saturated rings. The molecule has 0 aromatic heterocycles. The van der Waals surface area contributed by atoms with Crippen LogP contribution in [-0.4, -0.2) is 55.8 Å². The van der Waals surface area contributed by atoms with Crippen LogP contribution in [0.3, 0.4) is 0 Å². The molecule has 2 amide bonds. The molecule has 0 bridgehead atoms. The number of hydrogen-bond donors (Lipinski definition) is 1. The second kappa shape index (κ2) is 10.1. The topological polar surface area (TPSA) is 61.9 Å². The van der Waals surface area contributed by atoms with E-state index < -0.39 is 23.8 Å². The zero-order valence-electron chi connectivity index (χ0n) is 16.6. The van der Waals surface area contributed by atoms with Crippen molar-refractivity contribution in [1.82, 2.24) is 5.32 Å². The summed E-state index contributed by atoms with van der Waals surface area (Å²) in [4.78, 5) is 26.7. The normalized spacial score (nSPS) is 20.2. The Hall–Kier alpha value is -2.03. The molecule has 2 aliphatic heterocycles. The lowest BCUT2D eigenvalue weighted by molar-refractivity contribution is -0.121. The predicted molar refractivity (Wildman–Crippen MR) is 111 cm³/mol. The Balaban J connectivity index is 1.69. The number of nitrogens with one attached hydrogen (secondary N) is 1. The van der Waals surface area contributed by atoms with Gasteiger partial charge in [0.15, 0.2) is 11.6 Å². The lowest BCUT2D eigenvalue weighted by Crippen LogP contribution is -2.34. The molecule has 9 heteroatoms. The van der Waals surface area contributed by atoms with Gasteiger partial charge >= 0.3 is 6.09 Å². The van der Waals surface area contributed by atoms with Gasteiger partial charge in [-0.05, 0) is 30.8 Å². The average molecular weight is 428 g/mol. The molecule has 29 heavy (non-hydrogen) atoms. The molecule has 1 aromatic carbocycles. The first-order valence-corrected chi connectivity index (χ1v) is 11.2. The Morgan fingerprint density at radius 1 is 1.24 bits per heavy atom. The summed E-state index contributed by atoms with van der Waals surface area (Å²) in [5, 5.41) is 2.70. The number of amides is 2. The standard InChI is InChI=1S/C20H27F2N3O3S/c1-2-5-18(26)23-12-15-13-25(20(27)28-15)14-10-16(21)19(17(22)11-14)24-6-3-8-29-9-4-7-24/h10-11,15H,2-9,12-13H2,1H3,(H,23,26). The maximum Gasteiger partial charge on any atom is 0.414 e. The van der Waals surface area contributed by atoms with Crippen molar-refractivity contribution in [2.45, 2.75) is 38.7 Å². The molecule has 0 aliphatic carbocycles. The van der Waals surface area contributed by atoms with Crippen LogP contribution >= 0.6 is 11.8 Å². The lowest BCUT2D eigenvalue weighted by Gasteiger charge is -2.28. The summed E-state index contributed by atoms with van der Waals surface area (Å²) in [7, 11) is 0. The highest BCUT2D eigenvalue weighted by Gasteiger charge is 2.33. The van der Waals surface area contributed by atoms with Gasteiger partial charge in [-0.1, -0.05) is 6.92 Å². The summed E-state index contributed by atoms with van der Waals surface area (Å²) in [6, 6.07) is 2.37. The number of carbonyl (C=O) groups excluding carboxylic acids is 2. The lowest BCUT2D eigenvalue weighted by atomic mass is 10.2.